The van der Waals surface area contributed by atoms with Crippen LogP contribution in [-0.2, 0) is 16.1 Å². The van der Waals surface area contributed by atoms with Crippen molar-refractivity contribution in [3.63, 3.8) is 0 Å². The van der Waals surface area contributed by atoms with Gasteiger partial charge in [0, 0.05) is 32.9 Å². The third-order valence-electron chi connectivity index (χ3n) is 4.35. The van der Waals surface area contributed by atoms with Crippen LogP contribution in [0.15, 0.2) is 42.5 Å². The van der Waals surface area contributed by atoms with Crippen molar-refractivity contribution >= 4 is 17.5 Å². The van der Waals surface area contributed by atoms with E-state index in [0.717, 1.165) is 11.3 Å². The molecule has 0 aromatic heterocycles. The summed E-state index contributed by atoms with van der Waals surface area (Å²) in [6, 6.07) is 12.6. The molecule has 3 N–H and O–H groups in total. The van der Waals surface area contributed by atoms with E-state index in [4.69, 9.17) is 9.47 Å². The zero-order valence-electron chi connectivity index (χ0n) is 15.8. The quantitative estimate of drug-likeness (QED) is 0.640. The number of carbonyl (C=O) groups is 2. The number of rotatable bonds is 6. The summed E-state index contributed by atoms with van der Waals surface area (Å²) in [5.74, 6) is -0.308. The number of fused-ring (bicyclic) bond motifs is 1. The van der Waals surface area contributed by atoms with E-state index in [2.05, 4.69) is 10.6 Å². The first-order valence-corrected chi connectivity index (χ1v) is 8.84. The largest absolute Gasteiger partial charge is 0.454 e. The molecule has 2 aromatic carbocycles. The maximum Gasteiger partial charge on any atom is 0.309 e. The topological polar surface area (TPSA) is 100 Å². The number of aliphatic hydroxyl groups excluding tert-OH is 1. The standard InChI is InChI=1S/C20H23N3O5/c1-23(2)15-6-4-14(5-7-15)16(24)11-22-20(26)19(25)21-10-13-3-8-17-18(9-13)28-12-27-17/h3-9,16,24H,10-12H2,1-2H3,(H,21,25)(H,22,26)/t16-/m0/s1. The van der Waals surface area contributed by atoms with E-state index in [1.54, 1.807) is 30.3 Å². The molecular formula is C20H23N3O5. The monoisotopic (exact) mass is 385 g/mol. The van der Waals surface area contributed by atoms with Gasteiger partial charge in [-0.05, 0) is 35.4 Å². The predicted molar refractivity (Wildman–Crippen MR) is 103 cm³/mol. The number of carbonyl (C=O) groups excluding carboxylic acids is 2. The van der Waals surface area contributed by atoms with Crippen LogP contribution in [0.4, 0.5) is 5.69 Å². The molecule has 0 radical (unpaired) electrons. The third-order valence-corrected chi connectivity index (χ3v) is 4.35. The highest BCUT2D eigenvalue weighted by Gasteiger charge is 2.17. The Hall–Kier alpha value is -3.26. The summed E-state index contributed by atoms with van der Waals surface area (Å²) in [7, 11) is 3.85. The minimum atomic E-state index is -0.901. The van der Waals surface area contributed by atoms with E-state index < -0.39 is 17.9 Å². The van der Waals surface area contributed by atoms with Gasteiger partial charge in [-0.2, -0.15) is 0 Å². The number of amides is 2. The molecule has 0 saturated carbocycles. The number of ether oxygens (including phenoxy) is 2. The van der Waals surface area contributed by atoms with Gasteiger partial charge in [-0.15, -0.1) is 0 Å². The second-order valence-corrected chi connectivity index (χ2v) is 6.58. The van der Waals surface area contributed by atoms with Crippen LogP contribution in [0.3, 0.4) is 0 Å². The van der Waals surface area contributed by atoms with Crippen molar-refractivity contribution in [2.24, 2.45) is 0 Å². The Bertz CT molecular complexity index is 851. The Balaban J connectivity index is 1.45. The van der Waals surface area contributed by atoms with E-state index >= 15 is 0 Å². The molecule has 28 heavy (non-hydrogen) atoms. The Morgan fingerprint density at radius 3 is 2.43 bits per heavy atom. The number of hydrogen-bond acceptors (Lipinski definition) is 6. The molecule has 1 aliphatic heterocycles. The van der Waals surface area contributed by atoms with Crippen LogP contribution in [0.25, 0.3) is 0 Å². The average Bonchev–Trinajstić information content (AvgIpc) is 3.17. The van der Waals surface area contributed by atoms with Crippen LogP contribution in [0.5, 0.6) is 11.5 Å². The highest BCUT2D eigenvalue weighted by Crippen LogP contribution is 2.32. The second kappa shape index (κ2) is 8.62. The highest BCUT2D eigenvalue weighted by atomic mass is 16.7. The third kappa shape index (κ3) is 4.72. The van der Waals surface area contributed by atoms with Gasteiger partial charge in [0.1, 0.15) is 0 Å². The summed E-state index contributed by atoms with van der Waals surface area (Å²) in [4.78, 5) is 25.8. The van der Waals surface area contributed by atoms with Crippen LogP contribution in [-0.4, -0.2) is 44.4 Å². The van der Waals surface area contributed by atoms with Gasteiger partial charge in [-0.25, -0.2) is 0 Å². The minimum Gasteiger partial charge on any atom is -0.454 e. The van der Waals surface area contributed by atoms with E-state index in [1.807, 2.05) is 31.1 Å². The Morgan fingerprint density at radius 1 is 1.04 bits per heavy atom. The molecule has 1 atom stereocenters. The Morgan fingerprint density at radius 2 is 1.71 bits per heavy atom. The normalized spacial score (nSPS) is 13.0. The van der Waals surface area contributed by atoms with Gasteiger partial charge < -0.3 is 30.1 Å². The van der Waals surface area contributed by atoms with Crippen molar-refractivity contribution in [2.75, 3.05) is 32.3 Å². The lowest BCUT2D eigenvalue weighted by Gasteiger charge is -2.15. The van der Waals surface area contributed by atoms with Gasteiger partial charge in [-0.1, -0.05) is 18.2 Å². The van der Waals surface area contributed by atoms with Crippen molar-refractivity contribution in [3.05, 3.63) is 53.6 Å². The van der Waals surface area contributed by atoms with E-state index in [-0.39, 0.29) is 19.9 Å². The van der Waals surface area contributed by atoms with Crippen LogP contribution in [0.1, 0.15) is 17.2 Å². The SMILES string of the molecule is CN(C)c1ccc([C@@H](O)CNC(=O)C(=O)NCc2ccc3c(c2)OCO3)cc1. The highest BCUT2D eigenvalue weighted by molar-refractivity contribution is 6.35. The summed E-state index contributed by atoms with van der Waals surface area (Å²) in [6.07, 6.45) is -0.901. The zero-order valence-corrected chi connectivity index (χ0v) is 15.8. The summed E-state index contributed by atoms with van der Waals surface area (Å²) in [5.41, 5.74) is 2.45. The van der Waals surface area contributed by atoms with Crippen LogP contribution in [0.2, 0.25) is 0 Å². The van der Waals surface area contributed by atoms with Crippen molar-refractivity contribution in [3.8, 4) is 11.5 Å². The molecule has 0 fully saturated rings. The van der Waals surface area contributed by atoms with Gasteiger partial charge in [-0.3, -0.25) is 9.59 Å². The molecule has 0 saturated heterocycles. The molecule has 0 bridgehead atoms. The molecule has 8 nitrogen and oxygen atoms in total. The lowest BCUT2D eigenvalue weighted by molar-refractivity contribution is -0.139. The van der Waals surface area contributed by atoms with E-state index in [9.17, 15) is 14.7 Å². The smallest absolute Gasteiger partial charge is 0.309 e. The van der Waals surface area contributed by atoms with Gasteiger partial charge in [0.2, 0.25) is 6.79 Å². The average molecular weight is 385 g/mol. The van der Waals surface area contributed by atoms with Crippen molar-refractivity contribution in [2.45, 2.75) is 12.6 Å². The van der Waals surface area contributed by atoms with Crippen molar-refractivity contribution in [1.29, 1.82) is 0 Å². The van der Waals surface area contributed by atoms with Gasteiger partial charge >= 0.3 is 11.8 Å². The molecular weight excluding hydrogens is 362 g/mol. The predicted octanol–water partition coefficient (Wildman–Crippen LogP) is 0.947. The number of hydrogen-bond donors (Lipinski definition) is 3. The lowest BCUT2D eigenvalue weighted by atomic mass is 10.1. The number of nitrogens with zero attached hydrogens (tertiary/aromatic N) is 1. The van der Waals surface area contributed by atoms with Crippen LogP contribution < -0.4 is 25.0 Å². The Labute approximate surface area is 163 Å². The zero-order chi connectivity index (χ0) is 20.1. The lowest BCUT2D eigenvalue weighted by Crippen LogP contribution is -2.41. The summed E-state index contributed by atoms with van der Waals surface area (Å²) in [6.45, 7) is 0.294. The fourth-order valence-corrected chi connectivity index (χ4v) is 2.70. The first-order chi connectivity index (χ1) is 13.4. The van der Waals surface area contributed by atoms with Crippen molar-refractivity contribution in [1.82, 2.24) is 10.6 Å². The fourth-order valence-electron chi connectivity index (χ4n) is 2.70. The maximum absolute atomic E-state index is 12.0. The maximum atomic E-state index is 12.0. The van der Waals surface area contributed by atoms with Gasteiger partial charge in [0.25, 0.3) is 0 Å². The van der Waals surface area contributed by atoms with Crippen LogP contribution >= 0.6 is 0 Å². The summed E-state index contributed by atoms with van der Waals surface area (Å²) < 4.78 is 10.5. The molecule has 2 aromatic rings. The number of anilines is 1. The molecule has 1 aliphatic rings. The van der Waals surface area contributed by atoms with Gasteiger partial charge in [0.05, 0.1) is 6.10 Å². The van der Waals surface area contributed by atoms with Crippen LogP contribution in [0, 0.1) is 0 Å². The Kier molecular flexibility index (Phi) is 6.00. The molecule has 1 heterocycles. The van der Waals surface area contributed by atoms with E-state index in [0.29, 0.717) is 17.1 Å². The molecule has 0 aliphatic carbocycles. The first-order valence-electron chi connectivity index (χ1n) is 8.84. The molecule has 3 rings (SSSR count). The number of aliphatic hydroxyl groups is 1. The number of benzene rings is 2. The minimum absolute atomic E-state index is 0.0579. The molecule has 0 spiro atoms. The molecule has 148 valence electrons. The van der Waals surface area contributed by atoms with Crippen molar-refractivity contribution < 1.29 is 24.2 Å². The summed E-state index contributed by atoms with van der Waals surface area (Å²) >= 11 is 0. The molecule has 0 unspecified atom stereocenters. The fraction of sp³-hybridized carbons (Fsp3) is 0.300. The molecule has 2 amide bonds. The summed E-state index contributed by atoms with van der Waals surface area (Å²) in [5, 5.41) is 15.2. The van der Waals surface area contributed by atoms with Gasteiger partial charge in [0.15, 0.2) is 11.5 Å². The second-order valence-electron chi connectivity index (χ2n) is 6.58. The molecule has 8 heteroatoms. The number of nitrogens with one attached hydrogen (secondary N) is 2. The van der Waals surface area contributed by atoms with E-state index in [1.165, 1.54) is 0 Å². The first kappa shape index (κ1) is 19.5.